The summed E-state index contributed by atoms with van der Waals surface area (Å²) < 4.78 is 10.9. The highest BCUT2D eigenvalue weighted by molar-refractivity contribution is 6.31. The van der Waals surface area contributed by atoms with Crippen LogP contribution in [-0.4, -0.2) is 22.9 Å². The van der Waals surface area contributed by atoms with Crippen LogP contribution in [0.5, 0.6) is 11.5 Å². The number of nitrogens with zero attached hydrogens (tertiary/aromatic N) is 1. The molecule has 0 aliphatic carbocycles. The number of hydrogen-bond donors (Lipinski definition) is 2. The maximum atomic E-state index is 11.0. The Morgan fingerprint density at radius 1 is 1.13 bits per heavy atom. The van der Waals surface area contributed by atoms with Gasteiger partial charge in [0.1, 0.15) is 5.82 Å². The highest BCUT2D eigenvalue weighted by Crippen LogP contribution is 2.38. The van der Waals surface area contributed by atoms with E-state index in [2.05, 4.69) is 10.3 Å². The summed E-state index contributed by atoms with van der Waals surface area (Å²) >= 11 is 6.47. The Hall–Kier alpha value is -3.51. The van der Waals surface area contributed by atoms with E-state index in [-0.39, 0.29) is 6.79 Å². The Kier molecular flexibility index (Phi) is 5.82. The van der Waals surface area contributed by atoms with Gasteiger partial charge in [-0.25, -0.2) is 9.78 Å². The summed E-state index contributed by atoms with van der Waals surface area (Å²) in [6.07, 6.45) is 3.20. The van der Waals surface area contributed by atoms with Gasteiger partial charge in [-0.05, 0) is 78.9 Å². The molecule has 3 aromatic rings. The molecule has 0 spiro atoms. The van der Waals surface area contributed by atoms with Crippen LogP contribution in [0.25, 0.3) is 6.08 Å². The number of aromatic nitrogens is 1. The van der Waals surface area contributed by atoms with Crippen LogP contribution in [0, 0.1) is 13.8 Å². The van der Waals surface area contributed by atoms with Crippen LogP contribution >= 0.6 is 11.6 Å². The van der Waals surface area contributed by atoms with Gasteiger partial charge in [0.25, 0.3) is 0 Å². The third kappa shape index (κ3) is 4.98. The van der Waals surface area contributed by atoms with Gasteiger partial charge in [-0.1, -0.05) is 17.7 Å². The minimum absolute atomic E-state index is 0.171. The zero-order chi connectivity index (χ0) is 22.0. The van der Waals surface area contributed by atoms with E-state index in [1.54, 1.807) is 12.1 Å². The number of hydrogen-bond acceptors (Lipinski definition) is 5. The Bertz CT molecular complexity index is 1170. The lowest BCUT2D eigenvalue weighted by molar-refractivity contribution is -0.131. The number of anilines is 2. The summed E-state index contributed by atoms with van der Waals surface area (Å²) in [6.45, 7) is 4.14. The Balaban J connectivity index is 1.69. The van der Waals surface area contributed by atoms with Gasteiger partial charge in [-0.2, -0.15) is 0 Å². The second-order valence-corrected chi connectivity index (χ2v) is 7.76. The van der Waals surface area contributed by atoms with Crippen molar-refractivity contribution in [1.29, 1.82) is 0 Å². The van der Waals surface area contributed by atoms with E-state index in [9.17, 15) is 4.79 Å². The molecule has 6 nitrogen and oxygen atoms in total. The number of carboxylic acid groups (broad SMARTS) is 1. The molecular weight excluding hydrogens is 416 g/mol. The first-order valence-corrected chi connectivity index (χ1v) is 10.1. The van der Waals surface area contributed by atoms with Crippen molar-refractivity contribution in [2.75, 3.05) is 12.1 Å². The van der Waals surface area contributed by atoms with Gasteiger partial charge in [0.2, 0.25) is 6.79 Å². The fourth-order valence-electron chi connectivity index (χ4n) is 3.51. The number of nitrogens with one attached hydrogen (secondary N) is 1. The molecule has 1 aliphatic rings. The number of benzene rings is 2. The third-order valence-corrected chi connectivity index (χ3v) is 5.19. The van der Waals surface area contributed by atoms with Crippen LogP contribution < -0.4 is 14.8 Å². The second kappa shape index (κ2) is 8.70. The van der Waals surface area contributed by atoms with E-state index >= 15 is 0 Å². The highest BCUT2D eigenvalue weighted by Gasteiger charge is 2.17. The van der Waals surface area contributed by atoms with E-state index in [1.165, 1.54) is 0 Å². The molecular formula is C24H21ClN2O4. The summed E-state index contributed by atoms with van der Waals surface area (Å²) in [5.41, 5.74) is 5.44. The first-order chi connectivity index (χ1) is 14.9. The standard InChI is InChI=1S/C24H21ClN2O4/c1-14-7-15(2)26-23(8-14)27-19-5-3-16(4-6-24(28)29)17(10-19)9-18-11-21-22(12-20(18)25)31-13-30-21/h3-8,10-12H,9,13H2,1-2H3,(H,26,27)(H,28,29)/b6-4+. The van der Waals surface area contributed by atoms with Crippen molar-refractivity contribution >= 4 is 35.2 Å². The maximum Gasteiger partial charge on any atom is 0.328 e. The molecule has 4 rings (SSSR count). The molecule has 0 saturated heterocycles. The van der Waals surface area contributed by atoms with Gasteiger partial charge >= 0.3 is 5.97 Å². The third-order valence-electron chi connectivity index (χ3n) is 4.84. The minimum Gasteiger partial charge on any atom is -0.478 e. The van der Waals surface area contributed by atoms with Crippen molar-refractivity contribution in [2.45, 2.75) is 20.3 Å². The number of rotatable bonds is 6. The molecule has 0 fully saturated rings. The van der Waals surface area contributed by atoms with E-state index in [0.717, 1.165) is 45.5 Å². The van der Waals surface area contributed by atoms with Gasteiger partial charge in [-0.15, -0.1) is 0 Å². The molecule has 0 amide bonds. The van der Waals surface area contributed by atoms with Gasteiger partial charge in [0, 0.05) is 28.5 Å². The molecule has 1 aliphatic heterocycles. The van der Waals surface area contributed by atoms with E-state index in [1.807, 2.05) is 50.2 Å². The predicted molar refractivity (Wildman–Crippen MR) is 120 cm³/mol. The number of aryl methyl sites for hydroxylation is 2. The fraction of sp³-hybridized carbons (Fsp3) is 0.167. The van der Waals surface area contributed by atoms with Crippen molar-refractivity contribution in [1.82, 2.24) is 4.98 Å². The van der Waals surface area contributed by atoms with E-state index in [0.29, 0.717) is 22.9 Å². The molecule has 0 atom stereocenters. The van der Waals surface area contributed by atoms with Crippen molar-refractivity contribution in [3.05, 3.63) is 81.5 Å². The average molecular weight is 437 g/mol. The van der Waals surface area contributed by atoms with Gasteiger partial charge < -0.3 is 19.9 Å². The van der Waals surface area contributed by atoms with Crippen molar-refractivity contribution in [2.24, 2.45) is 0 Å². The summed E-state index contributed by atoms with van der Waals surface area (Å²) in [6, 6.07) is 13.3. The predicted octanol–water partition coefficient (Wildman–Crippen LogP) is 5.51. The Labute approximate surface area is 185 Å². The smallest absolute Gasteiger partial charge is 0.328 e. The molecule has 7 heteroatoms. The largest absolute Gasteiger partial charge is 0.478 e. The first kappa shape index (κ1) is 20.8. The minimum atomic E-state index is -1.01. The lowest BCUT2D eigenvalue weighted by atomic mass is 9.98. The number of aliphatic carboxylic acids is 1. The second-order valence-electron chi connectivity index (χ2n) is 7.35. The number of halogens is 1. The lowest BCUT2D eigenvalue weighted by Crippen LogP contribution is -1.99. The lowest BCUT2D eigenvalue weighted by Gasteiger charge is -2.13. The van der Waals surface area contributed by atoms with Gasteiger partial charge in [0.15, 0.2) is 11.5 Å². The molecule has 1 aromatic heterocycles. The molecule has 158 valence electrons. The summed E-state index contributed by atoms with van der Waals surface area (Å²) in [7, 11) is 0. The molecule has 0 radical (unpaired) electrons. The fourth-order valence-corrected chi connectivity index (χ4v) is 3.73. The quantitative estimate of drug-likeness (QED) is 0.496. The van der Waals surface area contributed by atoms with Crippen LogP contribution in [-0.2, 0) is 11.2 Å². The number of carboxylic acids is 1. The maximum absolute atomic E-state index is 11.0. The van der Waals surface area contributed by atoms with Crippen LogP contribution in [0.3, 0.4) is 0 Å². The SMILES string of the molecule is Cc1cc(C)nc(Nc2ccc(/C=C/C(=O)O)c(Cc3cc4c(cc3Cl)OCO4)c2)c1. The van der Waals surface area contributed by atoms with Gasteiger partial charge in [0.05, 0.1) is 0 Å². The molecule has 2 N–H and O–H groups in total. The van der Waals surface area contributed by atoms with Crippen LogP contribution in [0.1, 0.15) is 27.9 Å². The van der Waals surface area contributed by atoms with Gasteiger partial charge in [-0.3, -0.25) is 0 Å². The number of ether oxygens (including phenoxy) is 2. The summed E-state index contributed by atoms with van der Waals surface area (Å²) in [4.78, 5) is 15.6. The zero-order valence-electron chi connectivity index (χ0n) is 17.1. The number of fused-ring (bicyclic) bond motifs is 1. The number of carbonyl (C=O) groups is 1. The Morgan fingerprint density at radius 3 is 2.65 bits per heavy atom. The normalized spacial score (nSPS) is 12.4. The highest BCUT2D eigenvalue weighted by atomic mass is 35.5. The first-order valence-electron chi connectivity index (χ1n) is 9.71. The Morgan fingerprint density at radius 2 is 1.90 bits per heavy atom. The summed E-state index contributed by atoms with van der Waals surface area (Å²) in [5.74, 6) is 1.01. The summed E-state index contributed by atoms with van der Waals surface area (Å²) in [5, 5.41) is 12.9. The zero-order valence-corrected chi connectivity index (χ0v) is 17.9. The van der Waals surface area contributed by atoms with Crippen molar-refractivity contribution in [3.8, 4) is 11.5 Å². The monoisotopic (exact) mass is 436 g/mol. The van der Waals surface area contributed by atoms with E-state index in [4.69, 9.17) is 26.2 Å². The molecule has 2 aromatic carbocycles. The molecule has 0 unspecified atom stereocenters. The molecule has 0 bridgehead atoms. The van der Waals surface area contributed by atoms with Crippen LogP contribution in [0.15, 0.2) is 48.5 Å². The molecule has 2 heterocycles. The molecule has 0 saturated carbocycles. The topological polar surface area (TPSA) is 80.7 Å². The van der Waals surface area contributed by atoms with Crippen molar-refractivity contribution in [3.63, 3.8) is 0 Å². The van der Waals surface area contributed by atoms with Crippen molar-refractivity contribution < 1.29 is 19.4 Å². The van der Waals surface area contributed by atoms with Crippen LogP contribution in [0.4, 0.5) is 11.5 Å². The average Bonchev–Trinajstić information content (AvgIpc) is 3.14. The van der Waals surface area contributed by atoms with Crippen LogP contribution in [0.2, 0.25) is 5.02 Å². The van der Waals surface area contributed by atoms with E-state index < -0.39 is 5.97 Å². The number of pyridine rings is 1. The molecule has 31 heavy (non-hydrogen) atoms.